The minimum Gasteiger partial charge on any atom is -0.497 e. The normalized spacial score (nSPS) is 19.6. The molecule has 4 rings (SSSR count). The summed E-state index contributed by atoms with van der Waals surface area (Å²) in [7, 11) is 5.38. The number of amidine groups is 1. The average Bonchev–Trinajstić information content (AvgIpc) is 3.10. The molecule has 1 fully saturated rings. The van der Waals surface area contributed by atoms with E-state index in [9.17, 15) is 4.79 Å². The summed E-state index contributed by atoms with van der Waals surface area (Å²) < 4.78 is 10.5. The highest BCUT2D eigenvalue weighted by Gasteiger charge is 2.33. The zero-order chi connectivity index (χ0) is 24.5. The minimum absolute atomic E-state index is 0.0387. The lowest BCUT2D eigenvalue weighted by Crippen LogP contribution is -2.42. The van der Waals surface area contributed by atoms with Gasteiger partial charge in [0.05, 0.1) is 36.4 Å². The molecule has 7 heteroatoms. The Bertz CT molecular complexity index is 1180. The fraction of sp³-hybridized carbons (Fsp3) is 0.333. The molecule has 2 aliphatic heterocycles. The zero-order valence-electron chi connectivity index (χ0n) is 20.6. The molecular weight excluding hydrogens is 446 g/mol. The molecule has 0 aliphatic carbocycles. The van der Waals surface area contributed by atoms with Crippen LogP contribution in [0.1, 0.15) is 31.9 Å². The lowest BCUT2D eigenvalue weighted by Gasteiger charge is -2.40. The Hall–Kier alpha value is -3.03. The molecule has 0 saturated carbocycles. The molecule has 2 heterocycles. The van der Waals surface area contributed by atoms with Crippen LogP contribution < -0.4 is 9.64 Å². The molecule has 0 spiro atoms. The molecule has 34 heavy (non-hydrogen) atoms. The van der Waals surface area contributed by atoms with Gasteiger partial charge in [0, 0.05) is 25.4 Å². The number of fused-ring (bicyclic) bond motifs is 1. The predicted molar refractivity (Wildman–Crippen MR) is 142 cm³/mol. The molecule has 2 aromatic rings. The number of nitrogens with zero attached hydrogens (tertiary/aromatic N) is 3. The van der Waals surface area contributed by atoms with Gasteiger partial charge in [-0.05, 0) is 86.1 Å². The number of allylic oxidation sites excluding steroid dienone is 1. The van der Waals surface area contributed by atoms with Gasteiger partial charge < -0.3 is 14.4 Å². The van der Waals surface area contributed by atoms with E-state index in [0.717, 1.165) is 17.0 Å². The first-order chi connectivity index (χ1) is 16.2. The van der Waals surface area contributed by atoms with E-state index in [2.05, 4.69) is 57.0 Å². The number of benzene rings is 2. The quantitative estimate of drug-likeness (QED) is 0.509. The Kier molecular flexibility index (Phi) is 6.86. The first kappa shape index (κ1) is 24.1. The third kappa shape index (κ3) is 4.76. The maximum Gasteiger partial charge on any atom is 0.266 e. The van der Waals surface area contributed by atoms with Crippen molar-refractivity contribution in [2.24, 2.45) is 4.99 Å². The molecule has 0 radical (unpaired) electrons. The first-order valence-corrected chi connectivity index (χ1v) is 12.1. The zero-order valence-corrected chi connectivity index (χ0v) is 21.4. The third-order valence-corrected chi connectivity index (χ3v) is 7.25. The summed E-state index contributed by atoms with van der Waals surface area (Å²) in [5.41, 5.74) is 5.35. The molecular formula is C27H31N3O3S. The molecule has 2 aromatic carbocycles. The smallest absolute Gasteiger partial charge is 0.266 e. The number of carbonyl (C=O) groups excluding carboxylic acids is 1. The van der Waals surface area contributed by atoms with Crippen molar-refractivity contribution in [3.05, 3.63) is 64.6 Å². The maximum atomic E-state index is 13.3. The fourth-order valence-corrected chi connectivity index (χ4v) is 5.18. The maximum absolute atomic E-state index is 13.3. The molecule has 2 aliphatic rings. The minimum atomic E-state index is -0.0578. The monoisotopic (exact) mass is 477 g/mol. The van der Waals surface area contributed by atoms with Crippen molar-refractivity contribution in [2.45, 2.75) is 26.3 Å². The number of rotatable bonds is 6. The van der Waals surface area contributed by atoms with Crippen LogP contribution >= 0.6 is 11.8 Å². The number of hydrogen-bond acceptors (Lipinski definition) is 6. The number of methoxy groups -OCH3 is 2. The Morgan fingerprint density at radius 2 is 1.85 bits per heavy atom. The summed E-state index contributed by atoms with van der Waals surface area (Å²) in [5.74, 6) is 0.708. The molecule has 1 saturated heterocycles. The summed E-state index contributed by atoms with van der Waals surface area (Å²) in [6, 6.07) is 13.8. The molecule has 0 bridgehead atoms. The first-order valence-electron chi connectivity index (χ1n) is 11.2. The van der Waals surface area contributed by atoms with Crippen LogP contribution in [-0.4, -0.2) is 55.9 Å². The van der Waals surface area contributed by atoms with Crippen LogP contribution in [0.4, 0.5) is 11.4 Å². The highest BCUT2D eigenvalue weighted by molar-refractivity contribution is 8.18. The van der Waals surface area contributed by atoms with Crippen LogP contribution in [0.2, 0.25) is 0 Å². The lowest BCUT2D eigenvalue weighted by molar-refractivity contribution is -0.122. The van der Waals surface area contributed by atoms with Gasteiger partial charge in [0.2, 0.25) is 0 Å². The predicted octanol–water partition coefficient (Wildman–Crippen LogP) is 5.58. The van der Waals surface area contributed by atoms with Crippen LogP contribution in [-0.2, 0) is 9.53 Å². The van der Waals surface area contributed by atoms with Gasteiger partial charge in [0.25, 0.3) is 5.91 Å². The summed E-state index contributed by atoms with van der Waals surface area (Å²) in [4.78, 5) is 22.6. The van der Waals surface area contributed by atoms with Gasteiger partial charge >= 0.3 is 0 Å². The third-order valence-electron chi connectivity index (χ3n) is 6.24. The Balaban J connectivity index is 1.66. The van der Waals surface area contributed by atoms with E-state index < -0.39 is 0 Å². The van der Waals surface area contributed by atoms with E-state index in [-0.39, 0.29) is 11.4 Å². The van der Waals surface area contributed by atoms with E-state index in [0.29, 0.717) is 23.2 Å². The van der Waals surface area contributed by atoms with Gasteiger partial charge in [0.15, 0.2) is 5.17 Å². The molecule has 178 valence electrons. The second kappa shape index (κ2) is 9.68. The van der Waals surface area contributed by atoms with Crippen LogP contribution in [0.3, 0.4) is 0 Å². The van der Waals surface area contributed by atoms with E-state index in [1.54, 1.807) is 19.1 Å². The van der Waals surface area contributed by atoms with Crippen LogP contribution in [0.15, 0.2) is 58.4 Å². The van der Waals surface area contributed by atoms with Gasteiger partial charge in [-0.2, -0.15) is 0 Å². The van der Waals surface area contributed by atoms with Crippen molar-refractivity contribution < 1.29 is 14.3 Å². The van der Waals surface area contributed by atoms with Crippen molar-refractivity contribution in [3.63, 3.8) is 0 Å². The lowest BCUT2D eigenvalue weighted by atomic mass is 9.88. The summed E-state index contributed by atoms with van der Waals surface area (Å²) in [5, 5.41) is 0.647. The van der Waals surface area contributed by atoms with E-state index >= 15 is 0 Å². The van der Waals surface area contributed by atoms with Gasteiger partial charge in [-0.25, -0.2) is 4.99 Å². The Labute approximate surface area is 205 Å². The number of likely N-dealkylation sites (N-methyl/N-ethyl adjacent to an activating group) is 1. The topological polar surface area (TPSA) is 54.4 Å². The molecule has 0 atom stereocenters. The van der Waals surface area contributed by atoms with Crippen molar-refractivity contribution >= 4 is 45.9 Å². The molecule has 0 aromatic heterocycles. The number of hydrogen-bond donors (Lipinski definition) is 0. The Morgan fingerprint density at radius 3 is 2.53 bits per heavy atom. The van der Waals surface area contributed by atoms with Gasteiger partial charge in [-0.3, -0.25) is 9.69 Å². The Morgan fingerprint density at radius 1 is 1.12 bits per heavy atom. The van der Waals surface area contributed by atoms with Crippen LogP contribution in [0.5, 0.6) is 5.75 Å². The van der Waals surface area contributed by atoms with E-state index in [4.69, 9.17) is 14.5 Å². The van der Waals surface area contributed by atoms with Gasteiger partial charge in [0.1, 0.15) is 5.75 Å². The second-order valence-corrected chi connectivity index (χ2v) is 9.98. The summed E-state index contributed by atoms with van der Waals surface area (Å²) in [6.45, 7) is 7.45. The van der Waals surface area contributed by atoms with Gasteiger partial charge in [-0.15, -0.1) is 0 Å². The molecule has 1 amide bonds. The van der Waals surface area contributed by atoms with Crippen molar-refractivity contribution in [2.75, 3.05) is 39.3 Å². The second-order valence-electron chi connectivity index (χ2n) is 8.97. The summed E-state index contributed by atoms with van der Waals surface area (Å²) >= 11 is 1.39. The van der Waals surface area contributed by atoms with Crippen molar-refractivity contribution in [3.8, 4) is 5.75 Å². The van der Waals surface area contributed by atoms with Crippen LogP contribution in [0, 0.1) is 0 Å². The number of thioether (sulfide) groups is 1. The number of carbonyl (C=O) groups is 1. The van der Waals surface area contributed by atoms with Gasteiger partial charge in [-0.1, -0.05) is 12.1 Å². The number of ether oxygens (including phenoxy) is 2. The number of aliphatic imine (C=N–C) groups is 1. The average molecular weight is 478 g/mol. The summed E-state index contributed by atoms with van der Waals surface area (Å²) in [6.07, 6.45) is 4.24. The van der Waals surface area contributed by atoms with Crippen molar-refractivity contribution in [1.82, 2.24) is 4.90 Å². The van der Waals surface area contributed by atoms with Crippen molar-refractivity contribution in [1.29, 1.82) is 0 Å². The fourth-order valence-electron chi connectivity index (χ4n) is 4.16. The molecule has 6 nitrogen and oxygen atoms in total. The highest BCUT2D eigenvalue weighted by Crippen LogP contribution is 2.39. The standard InChI is InChI=1S/C27H31N3O3S/c1-18-17-27(2,3)29(4)23-12-7-19(15-22(18)23)16-24-25(31)30(13-14-32-5)26(34-24)28-20-8-10-21(33-6)11-9-20/h7-12,15-17H,13-14H2,1-6H3/b24-16+,28-26?. The SMILES string of the molecule is COCCN1C(=O)/C(=C\c2ccc3c(c2)C(C)=CC(C)(C)N3C)SC1=Nc1ccc(OC)cc1. The molecule has 0 unspecified atom stereocenters. The van der Waals surface area contributed by atoms with E-state index in [1.165, 1.54) is 28.6 Å². The number of amides is 1. The largest absolute Gasteiger partial charge is 0.497 e. The number of anilines is 1. The highest BCUT2D eigenvalue weighted by atomic mass is 32.2. The van der Waals surface area contributed by atoms with Crippen LogP contribution in [0.25, 0.3) is 11.6 Å². The van der Waals surface area contributed by atoms with E-state index in [1.807, 2.05) is 30.3 Å². The molecule has 0 N–H and O–H groups in total.